The summed E-state index contributed by atoms with van der Waals surface area (Å²) in [4.78, 5) is 84.0. The Labute approximate surface area is 411 Å². The van der Waals surface area contributed by atoms with E-state index >= 15 is 4.79 Å². The number of amides is 4. The van der Waals surface area contributed by atoms with Gasteiger partial charge < -0.3 is 31.6 Å². The molecule has 4 amide bonds. The van der Waals surface area contributed by atoms with Gasteiger partial charge in [-0.3, -0.25) is 24.6 Å². The number of primary amides is 1. The number of hydrogen-bond acceptors (Lipinski definition) is 10. The summed E-state index contributed by atoms with van der Waals surface area (Å²) in [5.41, 5.74) is 18.4. The smallest absolute Gasteiger partial charge is 0.408 e. The third kappa shape index (κ3) is 15.8. The van der Waals surface area contributed by atoms with Crippen molar-refractivity contribution in [1.82, 2.24) is 21.1 Å². The highest BCUT2D eigenvalue weighted by Crippen LogP contribution is 2.30. The Bertz CT molecular complexity index is 2520. The number of hydrazine groups is 1. The Morgan fingerprint density at radius 3 is 1.74 bits per heavy atom. The number of rotatable bonds is 24. The third-order valence-corrected chi connectivity index (χ3v) is 11.9. The Hall–Kier alpha value is -7.01. The number of ether oxygens (including phenoxy) is 2. The first-order chi connectivity index (χ1) is 33.4. The minimum atomic E-state index is -1.57. The number of Topliss-reactive ketones (excluding diaryl/α,β-unsaturated/α-hetero) is 1. The molecule has 5 aromatic carbocycles. The normalized spacial score (nSPS) is 13.9. The first-order valence-electron chi connectivity index (χ1n) is 22.7. The lowest BCUT2D eigenvalue weighted by molar-refractivity contribution is -0.139. The maximum atomic E-state index is 15.3. The van der Waals surface area contributed by atoms with E-state index in [1.165, 1.54) is 53.5 Å². The van der Waals surface area contributed by atoms with Gasteiger partial charge in [0.15, 0.2) is 5.78 Å². The zero-order valence-electron chi connectivity index (χ0n) is 39.4. The van der Waals surface area contributed by atoms with Crippen molar-refractivity contribution in [2.75, 3.05) is 6.54 Å². The van der Waals surface area contributed by atoms with Crippen LogP contribution in [-0.2, 0) is 54.1 Å². The molecule has 2 unspecified atom stereocenters. The van der Waals surface area contributed by atoms with Crippen molar-refractivity contribution in [3.63, 3.8) is 0 Å². The molecule has 70 heavy (non-hydrogen) atoms. The van der Waals surface area contributed by atoms with Crippen molar-refractivity contribution < 1.29 is 47.0 Å². The average Bonchev–Trinajstić information content (AvgIpc) is 3.34. The number of nitrogens with zero attached hydrogens (tertiary/aromatic N) is 1. The van der Waals surface area contributed by atoms with Gasteiger partial charge in [0, 0.05) is 18.5 Å². The molecule has 5 rings (SSSR count). The number of carbonyl (C=O) groups excluding carboxylic acids is 6. The third-order valence-electron chi connectivity index (χ3n) is 11.6. The molecule has 0 saturated carbocycles. The summed E-state index contributed by atoms with van der Waals surface area (Å²) in [5.74, 6) is -9.11. The van der Waals surface area contributed by atoms with Crippen LogP contribution in [0, 0.1) is 35.3 Å². The minimum Gasteiger partial charge on any atom is -0.456 e. The van der Waals surface area contributed by atoms with Crippen LogP contribution in [0.25, 0.3) is 0 Å². The molecule has 0 saturated heterocycles. The summed E-state index contributed by atoms with van der Waals surface area (Å²) < 4.78 is 40.5. The molecule has 0 spiro atoms. The van der Waals surface area contributed by atoms with Gasteiger partial charge in [-0.1, -0.05) is 125 Å². The number of alkyl carbamates (subject to hydrolysis) is 1. The number of ketones is 1. The number of alkyl halides is 1. The van der Waals surface area contributed by atoms with Crippen molar-refractivity contribution >= 4 is 47.2 Å². The first kappa shape index (κ1) is 53.9. The van der Waals surface area contributed by atoms with E-state index in [4.69, 9.17) is 32.5 Å². The molecule has 0 radical (unpaired) electrons. The number of carbonyl (C=O) groups is 6. The van der Waals surface area contributed by atoms with Crippen LogP contribution in [0.2, 0.25) is 0 Å². The van der Waals surface area contributed by atoms with Gasteiger partial charge in [0.2, 0.25) is 11.8 Å². The summed E-state index contributed by atoms with van der Waals surface area (Å²) in [6, 6.07) is 30.3. The van der Waals surface area contributed by atoms with E-state index in [-0.39, 0.29) is 36.6 Å². The van der Waals surface area contributed by atoms with Crippen molar-refractivity contribution in [3.05, 3.63) is 178 Å². The summed E-state index contributed by atoms with van der Waals surface area (Å²) in [5, 5.41) is 6.68. The van der Waals surface area contributed by atoms with Gasteiger partial charge in [0.1, 0.15) is 36.3 Å². The SMILES string of the molecule is CC(C)[C@H](NC(=O)C(Cc1ccccc1)C(N)=O)C(=O)NN(Cc1ccc(F)cc1)C[C@@H](OC(=O)c1ccc(CCl)cc1)[C@@H](C(=O)[C@@H](NC(=O)OCc1ccccc1)C(C)C)C(N)c1ccc(F)cc1. The maximum absolute atomic E-state index is 15.3. The van der Waals surface area contributed by atoms with Crippen LogP contribution in [0.3, 0.4) is 0 Å². The van der Waals surface area contributed by atoms with Crippen molar-refractivity contribution in [2.45, 2.75) is 77.4 Å². The van der Waals surface area contributed by atoms with Crippen LogP contribution in [0.1, 0.15) is 71.9 Å². The lowest BCUT2D eigenvalue weighted by atomic mass is 9.80. The Morgan fingerprint density at radius 1 is 0.657 bits per heavy atom. The minimum absolute atomic E-state index is 0.0342. The molecular weight excluding hydrogens is 922 g/mol. The predicted octanol–water partition coefficient (Wildman–Crippen LogP) is 7.08. The summed E-state index contributed by atoms with van der Waals surface area (Å²) in [6.07, 6.45) is -2.53. The van der Waals surface area contributed by atoms with Crippen LogP contribution >= 0.6 is 11.6 Å². The number of halogens is 3. The molecule has 17 heteroatoms. The number of esters is 1. The molecule has 7 N–H and O–H groups in total. The number of nitrogens with two attached hydrogens (primary N) is 2. The Morgan fingerprint density at radius 2 is 1.20 bits per heavy atom. The monoisotopic (exact) mass is 980 g/mol. The molecule has 14 nitrogen and oxygen atoms in total. The largest absolute Gasteiger partial charge is 0.456 e. The average molecular weight is 982 g/mol. The second-order valence-corrected chi connectivity index (χ2v) is 17.8. The fourth-order valence-electron chi connectivity index (χ4n) is 7.67. The topological polar surface area (TPSA) is 212 Å². The van der Waals surface area contributed by atoms with E-state index in [1.807, 2.05) is 0 Å². The van der Waals surface area contributed by atoms with E-state index < -0.39 is 102 Å². The number of benzene rings is 5. The molecule has 0 heterocycles. The molecule has 0 bridgehead atoms. The number of hydrogen-bond donors (Lipinski definition) is 5. The maximum Gasteiger partial charge on any atom is 0.408 e. The van der Waals surface area contributed by atoms with E-state index in [9.17, 15) is 32.8 Å². The lowest BCUT2D eigenvalue weighted by Gasteiger charge is -2.37. The van der Waals surface area contributed by atoms with E-state index in [1.54, 1.807) is 100 Å². The van der Waals surface area contributed by atoms with Gasteiger partial charge in [0.05, 0.1) is 24.1 Å². The molecule has 370 valence electrons. The van der Waals surface area contributed by atoms with Gasteiger partial charge in [-0.05, 0) is 82.5 Å². The fourth-order valence-corrected chi connectivity index (χ4v) is 7.85. The zero-order chi connectivity index (χ0) is 50.9. The van der Waals surface area contributed by atoms with Crippen molar-refractivity contribution in [1.29, 1.82) is 0 Å². The van der Waals surface area contributed by atoms with Gasteiger partial charge in [-0.15, -0.1) is 11.6 Å². The first-order valence-corrected chi connectivity index (χ1v) is 23.3. The second kappa shape index (κ2) is 26.1. The zero-order valence-corrected chi connectivity index (χ0v) is 40.1. The van der Waals surface area contributed by atoms with Crippen LogP contribution in [0.5, 0.6) is 0 Å². The number of nitrogens with one attached hydrogen (secondary N) is 3. The second-order valence-electron chi connectivity index (χ2n) is 17.6. The molecular formula is C53H59ClF2N6O8. The molecule has 5 aromatic rings. The van der Waals surface area contributed by atoms with Gasteiger partial charge in [-0.25, -0.2) is 23.4 Å². The summed E-state index contributed by atoms with van der Waals surface area (Å²) in [6.45, 7) is 5.93. The summed E-state index contributed by atoms with van der Waals surface area (Å²) in [7, 11) is 0. The molecule has 0 aliphatic carbocycles. The van der Waals surface area contributed by atoms with Crippen LogP contribution < -0.4 is 27.5 Å². The van der Waals surface area contributed by atoms with Gasteiger partial charge in [-0.2, -0.15) is 0 Å². The highest BCUT2D eigenvalue weighted by atomic mass is 35.5. The highest BCUT2D eigenvalue weighted by molar-refractivity contribution is 6.17. The standard InChI is InChI=1S/C53H59ClF2N6O8/c1-32(2)46(60-53(68)69-31-37-13-9-6-10-14-37)48(63)44(45(57)38-21-25-41(56)26-22-38)43(70-52(67)39-19-15-35(28-54)16-20-39)30-62(29-36-17-23-40(55)24-18-36)61-51(66)47(33(3)4)59-50(65)42(49(58)64)27-34-11-7-5-8-12-34/h5-26,32-33,42-47H,27-31,57H2,1-4H3,(H2,58,64)(H,59,65)(H,60,68)(H,61,66)/t42?,43-,44-,45?,46+,47+/m1/s1. The quantitative estimate of drug-likeness (QED) is 0.0183. The van der Waals surface area contributed by atoms with E-state index in [0.29, 0.717) is 22.3 Å². The molecule has 6 atom stereocenters. The Kier molecular flexibility index (Phi) is 20.1. The molecule has 0 aliphatic heterocycles. The van der Waals surface area contributed by atoms with Crippen LogP contribution in [-0.4, -0.2) is 65.3 Å². The Balaban J connectivity index is 1.58. The van der Waals surface area contributed by atoms with Crippen LogP contribution in [0.4, 0.5) is 13.6 Å². The van der Waals surface area contributed by atoms with Gasteiger partial charge in [0.25, 0.3) is 5.91 Å². The summed E-state index contributed by atoms with van der Waals surface area (Å²) >= 11 is 6.04. The van der Waals surface area contributed by atoms with Crippen LogP contribution in [0.15, 0.2) is 133 Å². The lowest BCUT2D eigenvalue weighted by Crippen LogP contribution is -2.59. The fraction of sp³-hybridized carbons (Fsp3) is 0.321. The highest BCUT2D eigenvalue weighted by Gasteiger charge is 2.43. The molecule has 0 fully saturated rings. The predicted molar refractivity (Wildman–Crippen MR) is 260 cm³/mol. The van der Waals surface area contributed by atoms with E-state index in [2.05, 4.69) is 16.1 Å². The molecule has 0 aromatic heterocycles. The molecule has 0 aliphatic rings. The van der Waals surface area contributed by atoms with E-state index in [0.717, 1.165) is 12.1 Å². The van der Waals surface area contributed by atoms with Crippen molar-refractivity contribution in [2.24, 2.45) is 35.1 Å². The van der Waals surface area contributed by atoms with Gasteiger partial charge >= 0.3 is 12.1 Å². The van der Waals surface area contributed by atoms with Crippen molar-refractivity contribution in [3.8, 4) is 0 Å².